The molecule has 0 radical (unpaired) electrons. The maximum Gasteiger partial charge on any atom is 0.235 e. The summed E-state index contributed by atoms with van der Waals surface area (Å²) in [4.78, 5) is 14.3. The van der Waals surface area contributed by atoms with Crippen LogP contribution in [0.2, 0.25) is 5.02 Å². The van der Waals surface area contributed by atoms with Gasteiger partial charge in [0.25, 0.3) is 0 Å². The van der Waals surface area contributed by atoms with E-state index in [4.69, 9.17) is 25.5 Å². The summed E-state index contributed by atoms with van der Waals surface area (Å²) in [5, 5.41) is 11.5. The Morgan fingerprint density at radius 2 is 1.94 bits per heavy atom. The number of hydrogen-bond acceptors (Lipinski definition) is 5. The van der Waals surface area contributed by atoms with Gasteiger partial charge in [-0.25, -0.2) is 0 Å². The van der Waals surface area contributed by atoms with E-state index in [9.17, 15) is 9.90 Å². The zero-order valence-electron chi connectivity index (χ0n) is 19.3. The van der Waals surface area contributed by atoms with Crippen molar-refractivity contribution in [3.05, 3.63) is 63.0 Å². The number of aliphatic hydroxyl groups is 1. The van der Waals surface area contributed by atoms with Crippen molar-refractivity contribution in [2.75, 3.05) is 19.7 Å². The van der Waals surface area contributed by atoms with Crippen LogP contribution in [0.5, 0.6) is 17.2 Å². The smallest absolute Gasteiger partial charge is 0.235 e. The molecule has 6 nitrogen and oxygen atoms in total. The zero-order valence-corrected chi connectivity index (χ0v) is 20.1. The number of ether oxygens (including phenoxy) is 2. The van der Waals surface area contributed by atoms with Crippen LogP contribution in [0.1, 0.15) is 37.3 Å². The molecule has 33 heavy (non-hydrogen) atoms. The van der Waals surface area contributed by atoms with Gasteiger partial charge in [0, 0.05) is 11.1 Å². The Bertz CT molecular complexity index is 1170. The van der Waals surface area contributed by atoms with Gasteiger partial charge in [-0.15, -0.1) is 0 Å². The van der Waals surface area contributed by atoms with Crippen molar-refractivity contribution in [2.24, 2.45) is 0 Å². The van der Waals surface area contributed by atoms with Gasteiger partial charge in [-0.2, -0.15) is 0 Å². The molecule has 1 fully saturated rings. The molecular weight excluding hydrogens is 442 g/mol. The number of fused-ring (bicyclic) bond motifs is 1. The van der Waals surface area contributed by atoms with Gasteiger partial charge in [-0.1, -0.05) is 11.6 Å². The summed E-state index contributed by atoms with van der Waals surface area (Å²) in [6, 6.07) is 9.18. The van der Waals surface area contributed by atoms with Gasteiger partial charge in [0.2, 0.25) is 11.2 Å². The van der Waals surface area contributed by atoms with E-state index in [2.05, 4.69) is 6.92 Å². The molecule has 3 atom stereocenters. The number of rotatable bonds is 7. The van der Waals surface area contributed by atoms with Gasteiger partial charge in [0.1, 0.15) is 42.6 Å². The predicted octanol–water partition coefficient (Wildman–Crippen LogP) is 4.05. The molecule has 4 rings (SSSR count). The fourth-order valence-corrected chi connectivity index (χ4v) is 4.56. The second-order valence-corrected chi connectivity index (χ2v) is 9.41. The Morgan fingerprint density at radius 3 is 2.67 bits per heavy atom. The fraction of sp³-hybridized carbons (Fsp3) is 0.423. The first kappa shape index (κ1) is 23.6. The lowest BCUT2D eigenvalue weighted by Gasteiger charge is -2.31. The second-order valence-electron chi connectivity index (χ2n) is 9.03. The number of nitrogens with one attached hydrogen (secondary N) is 1. The van der Waals surface area contributed by atoms with E-state index >= 15 is 0 Å². The number of aryl methyl sites for hydroxylation is 2. The summed E-state index contributed by atoms with van der Waals surface area (Å²) >= 11 is 6.21. The van der Waals surface area contributed by atoms with Gasteiger partial charge in [-0.05, 0) is 75.4 Å². The normalized spacial score (nSPS) is 19.4. The summed E-state index contributed by atoms with van der Waals surface area (Å²) in [6.45, 7) is 7.98. The lowest BCUT2D eigenvalue weighted by atomic mass is 10.0. The van der Waals surface area contributed by atoms with E-state index in [1.165, 1.54) is 30.4 Å². The third kappa shape index (κ3) is 5.52. The molecule has 2 aromatic carbocycles. The number of likely N-dealkylation sites (tertiary alicyclic amines) is 1. The van der Waals surface area contributed by atoms with Gasteiger partial charge in [-0.3, -0.25) is 4.79 Å². The molecule has 0 saturated carbocycles. The molecule has 1 aromatic heterocycles. The first-order valence-electron chi connectivity index (χ1n) is 11.5. The highest BCUT2D eigenvalue weighted by Crippen LogP contribution is 2.29. The van der Waals surface area contributed by atoms with Crippen LogP contribution < -0.4 is 19.8 Å². The summed E-state index contributed by atoms with van der Waals surface area (Å²) in [5.41, 5.74) is 1.88. The lowest BCUT2D eigenvalue weighted by Crippen LogP contribution is -3.17. The van der Waals surface area contributed by atoms with Crippen molar-refractivity contribution in [1.29, 1.82) is 0 Å². The quantitative estimate of drug-likeness (QED) is 0.542. The third-order valence-electron chi connectivity index (χ3n) is 6.37. The van der Waals surface area contributed by atoms with Crippen molar-refractivity contribution < 1.29 is 23.9 Å². The molecule has 176 valence electrons. The molecule has 3 unspecified atom stereocenters. The Balaban J connectivity index is 1.44. The first-order chi connectivity index (χ1) is 15.8. The lowest BCUT2D eigenvalue weighted by molar-refractivity contribution is -0.931. The molecule has 0 amide bonds. The second kappa shape index (κ2) is 10.2. The molecular formula is C26H31ClNO5+. The fourth-order valence-electron chi connectivity index (χ4n) is 4.45. The van der Waals surface area contributed by atoms with Crippen LogP contribution in [-0.2, 0) is 0 Å². The summed E-state index contributed by atoms with van der Waals surface area (Å²) in [6.07, 6.45) is 4.44. The van der Waals surface area contributed by atoms with E-state index in [1.54, 1.807) is 30.3 Å². The number of benzene rings is 2. The van der Waals surface area contributed by atoms with Crippen LogP contribution in [0, 0.1) is 13.8 Å². The van der Waals surface area contributed by atoms with Crippen LogP contribution in [0.4, 0.5) is 0 Å². The first-order valence-corrected chi connectivity index (χ1v) is 11.8. The maximum absolute atomic E-state index is 12.9. The zero-order chi connectivity index (χ0) is 23.5. The largest absolute Gasteiger partial charge is 0.491 e. The molecule has 1 aliphatic heterocycles. The number of halogens is 1. The standard InChI is InChI=1S/C26H30ClNO5/c1-16-10-21(11-17(2)25(16)27)33-24-15-32-23-12-20(7-8-22(23)26(24)30)31-14-19(29)13-28-9-5-4-6-18(28)3/h7-8,10-12,15,18-19,29H,4-6,9,13-14H2,1-3H3/p+1. The molecule has 2 N–H and O–H groups in total. The molecule has 3 aromatic rings. The van der Waals surface area contributed by atoms with E-state index < -0.39 is 6.10 Å². The highest BCUT2D eigenvalue weighted by Gasteiger charge is 2.24. The van der Waals surface area contributed by atoms with Crippen molar-refractivity contribution >= 4 is 22.6 Å². The molecule has 1 aliphatic rings. The van der Waals surface area contributed by atoms with Crippen LogP contribution in [0.15, 0.2) is 45.8 Å². The summed E-state index contributed by atoms with van der Waals surface area (Å²) in [5.74, 6) is 1.18. The number of aliphatic hydroxyl groups excluding tert-OH is 1. The van der Waals surface area contributed by atoms with Gasteiger partial charge >= 0.3 is 0 Å². The maximum atomic E-state index is 12.9. The van der Waals surface area contributed by atoms with E-state index in [0.29, 0.717) is 40.1 Å². The summed E-state index contributed by atoms with van der Waals surface area (Å²) in [7, 11) is 0. The monoisotopic (exact) mass is 472 g/mol. The van der Waals surface area contributed by atoms with Gasteiger partial charge in [0.05, 0.1) is 18.0 Å². The molecule has 0 spiro atoms. The highest BCUT2D eigenvalue weighted by atomic mass is 35.5. The minimum atomic E-state index is -0.551. The van der Waals surface area contributed by atoms with E-state index in [1.807, 2.05) is 13.8 Å². The molecule has 0 aliphatic carbocycles. The van der Waals surface area contributed by atoms with Crippen molar-refractivity contribution in [3.63, 3.8) is 0 Å². The minimum absolute atomic E-state index is 0.103. The molecule has 1 saturated heterocycles. The SMILES string of the molecule is Cc1cc(Oc2coc3cc(OCC(O)C[NH+]4CCCCC4C)ccc3c2=O)cc(C)c1Cl. The minimum Gasteiger partial charge on any atom is -0.491 e. The predicted molar refractivity (Wildman–Crippen MR) is 129 cm³/mol. The van der Waals surface area contributed by atoms with E-state index in [-0.39, 0.29) is 17.8 Å². The number of piperidine rings is 1. The third-order valence-corrected chi connectivity index (χ3v) is 6.97. The van der Waals surface area contributed by atoms with Crippen LogP contribution in [0.3, 0.4) is 0 Å². The van der Waals surface area contributed by atoms with Crippen molar-refractivity contribution in [3.8, 4) is 17.2 Å². The van der Waals surface area contributed by atoms with Crippen molar-refractivity contribution in [2.45, 2.75) is 52.2 Å². The average Bonchev–Trinajstić information content (AvgIpc) is 2.79. The van der Waals surface area contributed by atoms with Gasteiger partial charge in [0.15, 0.2) is 0 Å². The molecule has 0 bridgehead atoms. The molecule has 2 heterocycles. The summed E-state index contributed by atoms with van der Waals surface area (Å²) < 4.78 is 17.2. The highest BCUT2D eigenvalue weighted by molar-refractivity contribution is 6.32. The average molecular weight is 473 g/mol. The van der Waals surface area contributed by atoms with Gasteiger partial charge < -0.3 is 23.9 Å². The Labute approximate surface area is 198 Å². The Kier molecular flexibility index (Phi) is 7.27. The Hall–Kier alpha value is -2.54. The number of quaternary nitrogens is 1. The number of hydrogen-bond donors (Lipinski definition) is 2. The molecule has 7 heteroatoms. The van der Waals surface area contributed by atoms with E-state index in [0.717, 1.165) is 17.7 Å². The van der Waals surface area contributed by atoms with Crippen molar-refractivity contribution in [1.82, 2.24) is 0 Å². The Morgan fingerprint density at radius 1 is 1.18 bits per heavy atom. The van der Waals surface area contributed by atoms with Crippen LogP contribution in [-0.4, -0.2) is 36.9 Å². The van der Waals surface area contributed by atoms with Crippen LogP contribution >= 0.6 is 11.6 Å². The van der Waals surface area contributed by atoms with Crippen LogP contribution in [0.25, 0.3) is 11.0 Å². The topological polar surface area (TPSA) is 73.3 Å².